The molecule has 0 fully saturated rings. The number of rotatable bonds is 9. The maximum Gasteiger partial charge on any atom is 0.262 e. The van der Waals surface area contributed by atoms with Gasteiger partial charge in [0.1, 0.15) is 0 Å². The van der Waals surface area contributed by atoms with Crippen molar-refractivity contribution in [2.45, 2.75) is 73.6 Å². The summed E-state index contributed by atoms with van der Waals surface area (Å²) in [5.41, 5.74) is -1.16. The quantitative estimate of drug-likeness (QED) is 0.262. The molecule has 0 aliphatic rings. The van der Waals surface area contributed by atoms with Gasteiger partial charge in [-0.1, -0.05) is 43.1 Å². The molecule has 3 aromatic rings. The van der Waals surface area contributed by atoms with Crippen molar-refractivity contribution in [1.29, 1.82) is 0 Å². The fourth-order valence-electron chi connectivity index (χ4n) is 4.49. The highest BCUT2D eigenvalue weighted by Gasteiger charge is 2.34. The number of benzene rings is 1. The maximum absolute atomic E-state index is 13.7. The zero-order valence-electron chi connectivity index (χ0n) is 23.6. The molecule has 0 atom stereocenters. The summed E-state index contributed by atoms with van der Waals surface area (Å²) in [5, 5.41) is 26.2. The molecule has 0 aliphatic carbocycles. The molecule has 13 heteroatoms. The highest BCUT2D eigenvalue weighted by atomic mass is 35.5. The molecule has 0 amide bonds. The molecule has 2 heterocycles. The van der Waals surface area contributed by atoms with Crippen LogP contribution in [0.25, 0.3) is 0 Å². The van der Waals surface area contributed by atoms with Gasteiger partial charge < -0.3 is 15.5 Å². The number of nitrogens with zero attached hydrogens (tertiary/aromatic N) is 4. The van der Waals surface area contributed by atoms with Crippen LogP contribution in [0.4, 0.5) is 0 Å². The standard InChI is InChI=1S/C23H26Cl2N4O4S2.C4H11N/c1-5-26-18(30)16(19(31)27(6-2)22(26)34)15(13-10-9-12(24)11-14(13)25)17-20(32)28(7-3)23(35)29(8-4)21(17)33;1-3-5-4-2/h9-11,15,30,32H,5-8H2,1-4H3;5H,3-4H2,1-2H3. The van der Waals surface area contributed by atoms with Gasteiger partial charge in [0.25, 0.3) is 11.1 Å². The average molecular weight is 631 g/mol. The van der Waals surface area contributed by atoms with E-state index in [9.17, 15) is 19.8 Å². The van der Waals surface area contributed by atoms with Crippen molar-refractivity contribution in [2.24, 2.45) is 0 Å². The Morgan fingerprint density at radius 2 is 1.15 bits per heavy atom. The Morgan fingerprint density at radius 3 is 1.45 bits per heavy atom. The van der Waals surface area contributed by atoms with Crippen LogP contribution in [-0.4, -0.2) is 41.6 Å². The monoisotopic (exact) mass is 629 g/mol. The molecule has 220 valence electrons. The molecule has 3 N–H and O–H groups in total. The fraction of sp³-hybridized carbons (Fsp3) is 0.481. The van der Waals surface area contributed by atoms with Crippen molar-refractivity contribution in [1.82, 2.24) is 23.6 Å². The summed E-state index contributed by atoms with van der Waals surface area (Å²) in [7, 11) is 0. The van der Waals surface area contributed by atoms with Crippen molar-refractivity contribution in [2.75, 3.05) is 13.1 Å². The molecule has 0 saturated heterocycles. The zero-order valence-corrected chi connectivity index (χ0v) is 26.8. The summed E-state index contributed by atoms with van der Waals surface area (Å²) >= 11 is 23.5. The van der Waals surface area contributed by atoms with Gasteiger partial charge in [0.05, 0.1) is 17.0 Å². The van der Waals surface area contributed by atoms with Crippen LogP contribution < -0.4 is 16.4 Å². The van der Waals surface area contributed by atoms with Crippen LogP contribution in [0.5, 0.6) is 11.8 Å². The van der Waals surface area contributed by atoms with E-state index in [0.717, 1.165) is 13.1 Å². The summed E-state index contributed by atoms with van der Waals surface area (Å²) in [6.07, 6.45) is 0. The Morgan fingerprint density at radius 1 is 0.750 bits per heavy atom. The molecule has 0 saturated carbocycles. The highest BCUT2D eigenvalue weighted by Crippen LogP contribution is 2.40. The first-order valence-corrected chi connectivity index (χ1v) is 14.8. The lowest BCUT2D eigenvalue weighted by Crippen LogP contribution is -2.34. The van der Waals surface area contributed by atoms with Gasteiger partial charge in [-0.05, 0) is 82.9 Å². The van der Waals surface area contributed by atoms with Crippen LogP contribution >= 0.6 is 47.6 Å². The van der Waals surface area contributed by atoms with E-state index in [2.05, 4.69) is 19.2 Å². The third-order valence-electron chi connectivity index (χ3n) is 6.48. The van der Waals surface area contributed by atoms with E-state index in [1.165, 1.54) is 24.3 Å². The predicted molar refractivity (Wildman–Crippen MR) is 167 cm³/mol. The summed E-state index contributed by atoms with van der Waals surface area (Å²) in [5.74, 6) is -2.05. The molecule has 0 unspecified atom stereocenters. The molecular weight excluding hydrogens is 593 g/mol. The number of hydrogen-bond donors (Lipinski definition) is 3. The SMILES string of the molecule is CCNCC.CCn1c(O)c(C(c2ccc(Cl)cc2Cl)c2c(O)n(CC)c(=S)n(CC)c2=O)c(=O)n(CC)c1=S. The van der Waals surface area contributed by atoms with Gasteiger partial charge in [0, 0.05) is 36.2 Å². The Kier molecular flexibility index (Phi) is 12.6. The number of nitrogens with one attached hydrogen (secondary N) is 1. The number of halogens is 2. The largest absolute Gasteiger partial charge is 0.494 e. The molecule has 3 rings (SSSR count). The Bertz CT molecular complexity index is 1500. The first kappa shape index (κ1) is 33.8. The van der Waals surface area contributed by atoms with Crippen molar-refractivity contribution in [3.05, 3.63) is 75.2 Å². The molecule has 2 aromatic heterocycles. The third-order valence-corrected chi connectivity index (χ3v) is 7.93. The second kappa shape index (κ2) is 15.0. The van der Waals surface area contributed by atoms with Crippen molar-refractivity contribution >= 4 is 47.6 Å². The summed E-state index contributed by atoms with van der Waals surface area (Å²) in [4.78, 5) is 27.4. The Hall–Kier alpha value is -2.44. The summed E-state index contributed by atoms with van der Waals surface area (Å²) in [6.45, 7) is 14.4. The van der Waals surface area contributed by atoms with E-state index in [4.69, 9.17) is 47.6 Å². The molecule has 0 aliphatic heterocycles. The van der Waals surface area contributed by atoms with Crippen molar-refractivity contribution in [3.63, 3.8) is 0 Å². The Balaban J connectivity index is 0.00000103. The molecule has 0 radical (unpaired) electrons. The summed E-state index contributed by atoms with van der Waals surface area (Å²) in [6, 6.07) is 4.60. The molecule has 0 spiro atoms. The third kappa shape index (κ3) is 6.54. The zero-order chi connectivity index (χ0) is 30.3. The summed E-state index contributed by atoms with van der Waals surface area (Å²) < 4.78 is 5.74. The first-order valence-electron chi connectivity index (χ1n) is 13.2. The minimum atomic E-state index is -1.24. The lowest BCUT2D eigenvalue weighted by molar-refractivity contribution is 0.380. The van der Waals surface area contributed by atoms with Gasteiger partial charge in [0.15, 0.2) is 9.54 Å². The minimum absolute atomic E-state index is 0.138. The average Bonchev–Trinajstić information content (AvgIpc) is 2.90. The van der Waals surface area contributed by atoms with E-state index in [-0.39, 0.29) is 51.9 Å². The number of aromatic hydroxyl groups is 2. The second-order valence-corrected chi connectivity index (χ2v) is 10.3. The molecule has 40 heavy (non-hydrogen) atoms. The van der Waals surface area contributed by atoms with Crippen LogP contribution in [0.1, 0.15) is 64.2 Å². The predicted octanol–water partition coefficient (Wildman–Crippen LogP) is 5.67. The van der Waals surface area contributed by atoms with Gasteiger partial charge >= 0.3 is 0 Å². The lowest BCUT2D eigenvalue weighted by atomic mass is 9.86. The topological polar surface area (TPSA) is 106 Å². The maximum atomic E-state index is 13.7. The number of hydrogen-bond acceptors (Lipinski definition) is 7. The lowest BCUT2D eigenvalue weighted by Gasteiger charge is -2.25. The first-order chi connectivity index (χ1) is 19.0. The smallest absolute Gasteiger partial charge is 0.262 e. The van der Waals surface area contributed by atoms with E-state index < -0.39 is 28.8 Å². The Labute approximate surface area is 254 Å². The van der Waals surface area contributed by atoms with Crippen molar-refractivity contribution in [3.8, 4) is 11.8 Å². The van der Waals surface area contributed by atoms with E-state index >= 15 is 0 Å². The van der Waals surface area contributed by atoms with E-state index in [1.54, 1.807) is 39.8 Å². The van der Waals surface area contributed by atoms with Gasteiger partial charge in [-0.3, -0.25) is 27.9 Å². The van der Waals surface area contributed by atoms with Gasteiger partial charge in [-0.15, -0.1) is 0 Å². The molecule has 9 nitrogen and oxygen atoms in total. The molecular formula is C27H37Cl2N5O4S2. The highest BCUT2D eigenvalue weighted by molar-refractivity contribution is 7.71. The van der Waals surface area contributed by atoms with Crippen LogP contribution in [0, 0.1) is 9.54 Å². The van der Waals surface area contributed by atoms with Gasteiger partial charge in [-0.25, -0.2) is 0 Å². The molecule has 0 bridgehead atoms. The van der Waals surface area contributed by atoms with Crippen LogP contribution in [0.2, 0.25) is 10.0 Å². The van der Waals surface area contributed by atoms with Gasteiger partial charge in [0.2, 0.25) is 11.8 Å². The van der Waals surface area contributed by atoms with E-state index in [1.807, 2.05) is 0 Å². The molecule has 1 aromatic carbocycles. The van der Waals surface area contributed by atoms with Crippen LogP contribution in [0.15, 0.2) is 27.8 Å². The normalized spacial score (nSPS) is 11.0. The minimum Gasteiger partial charge on any atom is -0.494 e. The van der Waals surface area contributed by atoms with Gasteiger partial charge in [-0.2, -0.15) is 0 Å². The number of aromatic nitrogens is 4. The van der Waals surface area contributed by atoms with Crippen molar-refractivity contribution < 1.29 is 10.2 Å². The fourth-order valence-corrected chi connectivity index (χ4v) is 5.87. The van der Waals surface area contributed by atoms with Crippen LogP contribution in [0.3, 0.4) is 0 Å². The van der Waals surface area contributed by atoms with E-state index in [0.29, 0.717) is 10.6 Å². The second-order valence-electron chi connectivity index (χ2n) is 8.68. The van der Waals surface area contributed by atoms with Crippen LogP contribution in [-0.2, 0) is 26.2 Å².